The van der Waals surface area contributed by atoms with Gasteiger partial charge in [-0.15, -0.1) is 6.42 Å². The van der Waals surface area contributed by atoms with Crippen molar-refractivity contribution < 1.29 is 32.1 Å². The van der Waals surface area contributed by atoms with Crippen molar-refractivity contribution >= 4 is 27.5 Å². The molecule has 0 amide bonds. The molecule has 4 saturated heterocycles. The highest BCUT2D eigenvalue weighted by atomic mass is 19.4. The molecule has 14 heteroatoms. The molecule has 1 aliphatic carbocycles. The van der Waals surface area contributed by atoms with E-state index in [9.17, 15) is 14.3 Å². The number of pyridine rings is 1. The van der Waals surface area contributed by atoms with Crippen molar-refractivity contribution in [2.75, 3.05) is 57.4 Å². The zero-order chi connectivity index (χ0) is 34.1. The van der Waals surface area contributed by atoms with E-state index in [-0.39, 0.29) is 63.2 Å². The zero-order valence-corrected chi connectivity index (χ0v) is 26.5. The Morgan fingerprint density at radius 1 is 1.14 bits per heavy atom. The van der Waals surface area contributed by atoms with Crippen molar-refractivity contribution in [3.63, 3.8) is 0 Å². The highest BCUT2D eigenvalue weighted by molar-refractivity contribution is 5.97. The number of nitrogens with zero attached hydrogens (tertiary/aromatic N) is 5. The topological polar surface area (TPSA) is 105 Å². The van der Waals surface area contributed by atoms with E-state index in [4.69, 9.17) is 20.9 Å². The number of halogens is 4. The summed E-state index contributed by atoms with van der Waals surface area (Å²) in [5.41, 5.74) is -3.66. The van der Waals surface area contributed by atoms with Gasteiger partial charge in [-0.05, 0) is 49.3 Å². The Labute approximate surface area is 278 Å². The summed E-state index contributed by atoms with van der Waals surface area (Å²) in [5.74, 6) is 1.11. The first-order valence-corrected chi connectivity index (χ1v) is 16.4. The van der Waals surface area contributed by atoms with Crippen molar-refractivity contribution in [2.24, 2.45) is 5.41 Å². The molecule has 2 aromatic heterocycles. The van der Waals surface area contributed by atoms with Crippen LogP contribution in [-0.2, 0) is 10.9 Å². The quantitative estimate of drug-likeness (QED) is 0.220. The Morgan fingerprint density at radius 3 is 2.59 bits per heavy atom. The van der Waals surface area contributed by atoms with Gasteiger partial charge in [0, 0.05) is 61.7 Å². The summed E-state index contributed by atoms with van der Waals surface area (Å²) in [6.45, 7) is 5.16. The van der Waals surface area contributed by atoms with Crippen molar-refractivity contribution in [3.05, 3.63) is 57.8 Å². The van der Waals surface area contributed by atoms with Crippen LogP contribution in [0.2, 0.25) is 0 Å². The summed E-state index contributed by atoms with van der Waals surface area (Å²) in [5, 5.41) is 14.0. The molecule has 0 spiro atoms. The number of aromatic nitrogens is 3. The maximum absolute atomic E-state index is 15.0. The minimum Gasteiger partial charge on any atom is -0.508 e. The minimum absolute atomic E-state index is 0.0556. The number of hydrogen-bond acceptors (Lipinski definition) is 9. The fourth-order valence-corrected chi connectivity index (χ4v) is 7.55. The van der Waals surface area contributed by atoms with Gasteiger partial charge in [0.2, 0.25) is 0 Å². The van der Waals surface area contributed by atoms with E-state index in [1.165, 1.54) is 12.1 Å². The lowest BCUT2D eigenvalue weighted by atomic mass is 9.93. The van der Waals surface area contributed by atoms with E-state index in [1.807, 2.05) is 4.90 Å². The molecule has 2 aromatic carbocycles. The average molecular weight is 679 g/mol. The number of rotatable bonds is 7. The first-order chi connectivity index (χ1) is 23.5. The number of piperidine rings is 2. The van der Waals surface area contributed by atoms with Gasteiger partial charge in [-0.25, -0.2) is 4.39 Å². The lowest BCUT2D eigenvalue weighted by Gasteiger charge is -2.46. The van der Waals surface area contributed by atoms with Crippen molar-refractivity contribution in [2.45, 2.75) is 43.9 Å². The number of fused-ring (bicyclic) bond motifs is 5. The molecule has 10 nitrogen and oxygen atoms in total. The Bertz CT molecular complexity index is 2060. The molecular weight excluding hydrogens is 644 g/mol. The predicted octanol–water partition coefficient (Wildman–Crippen LogP) is 4.21. The molecule has 9 rings (SSSR count). The molecule has 49 heavy (non-hydrogen) atoms. The van der Waals surface area contributed by atoms with E-state index < -0.39 is 34.7 Å². The number of anilines is 1. The number of ether oxygens (including phenoxy) is 2. The van der Waals surface area contributed by atoms with Gasteiger partial charge in [0.1, 0.15) is 28.6 Å². The summed E-state index contributed by atoms with van der Waals surface area (Å²) in [4.78, 5) is 27.9. The minimum atomic E-state index is -5.05. The van der Waals surface area contributed by atoms with E-state index >= 15 is 13.2 Å². The van der Waals surface area contributed by atoms with Crippen LogP contribution in [0.5, 0.6) is 11.8 Å². The van der Waals surface area contributed by atoms with Crippen LogP contribution < -0.4 is 20.5 Å². The van der Waals surface area contributed by atoms with E-state index in [2.05, 4.69) is 21.1 Å². The van der Waals surface area contributed by atoms with Crippen LogP contribution in [0.15, 0.2) is 35.1 Å². The van der Waals surface area contributed by atoms with E-state index in [1.54, 1.807) is 0 Å². The Morgan fingerprint density at radius 2 is 1.94 bits per heavy atom. The average Bonchev–Trinajstić information content (AvgIpc) is 3.86. The molecule has 6 heterocycles. The maximum atomic E-state index is 15.0. The Kier molecular flexibility index (Phi) is 7.69. The summed E-state index contributed by atoms with van der Waals surface area (Å²) in [7, 11) is 0. The molecular formula is C35H34F4N6O4. The number of terminal acetylenes is 1. The van der Waals surface area contributed by atoms with Gasteiger partial charge in [0.05, 0.1) is 36.5 Å². The largest absolute Gasteiger partial charge is 0.508 e. The number of alkyl halides is 3. The normalized spacial score (nSPS) is 22.1. The van der Waals surface area contributed by atoms with E-state index in [0.29, 0.717) is 30.9 Å². The second-order valence-electron chi connectivity index (χ2n) is 13.6. The van der Waals surface area contributed by atoms with Gasteiger partial charge < -0.3 is 24.8 Å². The second kappa shape index (κ2) is 11.9. The van der Waals surface area contributed by atoms with Crippen LogP contribution in [0.4, 0.5) is 23.4 Å². The van der Waals surface area contributed by atoms with Gasteiger partial charge in [-0.3, -0.25) is 14.3 Å². The second-order valence-corrected chi connectivity index (χ2v) is 13.6. The third-order valence-corrected chi connectivity index (χ3v) is 10.3. The molecule has 2 atom stereocenters. The lowest BCUT2D eigenvalue weighted by molar-refractivity contribution is -0.142. The summed E-state index contributed by atoms with van der Waals surface area (Å²) >= 11 is 0. The van der Waals surface area contributed by atoms with Crippen LogP contribution in [0, 0.1) is 23.6 Å². The smallest absolute Gasteiger partial charge is 0.431 e. The highest BCUT2D eigenvalue weighted by Crippen LogP contribution is 2.47. The van der Waals surface area contributed by atoms with Crippen molar-refractivity contribution in [1.82, 2.24) is 24.8 Å². The number of nitrogens with one attached hydrogen (secondary N) is 1. The molecule has 5 aliphatic rings. The number of benzene rings is 2. The molecule has 2 N–H and O–H groups in total. The molecule has 4 aliphatic heterocycles. The number of hydrogen-bond donors (Lipinski definition) is 2. The van der Waals surface area contributed by atoms with Crippen LogP contribution in [0.3, 0.4) is 0 Å². The summed E-state index contributed by atoms with van der Waals surface area (Å²) in [6, 6.07) is 5.37. The number of phenols is 1. The zero-order valence-electron chi connectivity index (χ0n) is 26.5. The van der Waals surface area contributed by atoms with Crippen LogP contribution in [0.25, 0.3) is 27.4 Å². The fraction of sp³-hybridized carbons (Fsp3) is 0.457. The van der Waals surface area contributed by atoms with Crippen LogP contribution in [-0.4, -0.2) is 89.2 Å². The van der Waals surface area contributed by atoms with Gasteiger partial charge in [-0.2, -0.15) is 23.1 Å². The van der Waals surface area contributed by atoms with Crippen molar-refractivity contribution in [1.29, 1.82) is 0 Å². The first-order valence-electron chi connectivity index (χ1n) is 16.4. The van der Waals surface area contributed by atoms with Crippen LogP contribution >= 0.6 is 0 Å². The lowest BCUT2D eigenvalue weighted by Crippen LogP contribution is -2.61. The number of phenolic OH excluding ortho intramolecular Hbond substituents is 1. The predicted molar refractivity (Wildman–Crippen MR) is 174 cm³/mol. The fourth-order valence-electron chi connectivity index (χ4n) is 7.55. The van der Waals surface area contributed by atoms with Gasteiger partial charge in [0.15, 0.2) is 0 Å². The van der Waals surface area contributed by atoms with Gasteiger partial charge >= 0.3 is 12.2 Å². The van der Waals surface area contributed by atoms with Gasteiger partial charge in [-0.1, -0.05) is 12.0 Å². The standard InChI is InChI=1S/C35H34F4N6O4/c1-2-24-26(36)6-3-20-13-23(46)14-27(29(20)24)45-28(35(37,38)39)15-25-30(32(45)47)41-33(42-31(25)44-17-21-4-5-22(44)16-40-21)49-19-34(7-8-34)18-43-9-11-48-12-10-43/h1,3,6,13-15,21-22,40,46H,4-5,7-12,16-19H2. The molecule has 2 unspecified atom stereocenters. The van der Waals surface area contributed by atoms with Gasteiger partial charge in [0.25, 0.3) is 5.56 Å². The van der Waals surface area contributed by atoms with Crippen molar-refractivity contribution in [3.8, 4) is 29.8 Å². The molecule has 2 bridgehead atoms. The summed E-state index contributed by atoms with van der Waals surface area (Å²) < 4.78 is 72.1. The summed E-state index contributed by atoms with van der Waals surface area (Å²) in [6.07, 6.45) is 4.16. The first kappa shape index (κ1) is 31.8. The molecule has 5 fully saturated rings. The number of aromatic hydroxyl groups is 1. The molecule has 0 radical (unpaired) electrons. The monoisotopic (exact) mass is 678 g/mol. The number of piperazine rings is 1. The van der Waals surface area contributed by atoms with E-state index in [0.717, 1.165) is 63.5 Å². The van der Waals surface area contributed by atoms with Crippen LogP contribution in [0.1, 0.15) is 36.9 Å². The SMILES string of the molecule is C#Cc1c(F)ccc2cc(O)cc(-n3c(C(F)(F)F)cc4c(N5CC6CCC5CN6)nc(OCC5(CN6CCOCC6)CC5)nc4c3=O)c12. The molecule has 256 valence electrons. The third-order valence-electron chi connectivity index (χ3n) is 10.3. The molecule has 1 saturated carbocycles. The number of morpholine rings is 1. The third kappa shape index (κ3) is 5.73. The molecule has 4 aromatic rings. The maximum Gasteiger partial charge on any atom is 0.431 e. The Hall–Kier alpha value is -4.45. The highest BCUT2D eigenvalue weighted by Gasteiger charge is 2.45. The Balaban J connectivity index is 1.32.